The van der Waals surface area contributed by atoms with Crippen molar-refractivity contribution >= 4 is 22.7 Å². The van der Waals surface area contributed by atoms with Crippen LogP contribution in [0.2, 0.25) is 0 Å². The van der Waals surface area contributed by atoms with E-state index in [0.717, 1.165) is 16.5 Å². The smallest absolute Gasteiger partial charge is 0.250 e. The maximum absolute atomic E-state index is 12.6. The van der Waals surface area contributed by atoms with Crippen molar-refractivity contribution in [2.45, 2.75) is 32.9 Å². The molecule has 0 aliphatic heterocycles. The minimum atomic E-state index is -0.600. The van der Waals surface area contributed by atoms with Gasteiger partial charge in [0.05, 0.1) is 11.7 Å². The van der Waals surface area contributed by atoms with Crippen molar-refractivity contribution in [2.75, 3.05) is 6.54 Å². The molecule has 0 aliphatic carbocycles. The second-order valence-corrected chi connectivity index (χ2v) is 7.82. The molecule has 2 unspecified atom stereocenters. The van der Waals surface area contributed by atoms with Gasteiger partial charge in [0, 0.05) is 29.1 Å². The zero-order valence-electron chi connectivity index (χ0n) is 16.8. The van der Waals surface area contributed by atoms with Crippen LogP contribution in [0.1, 0.15) is 29.8 Å². The number of para-hydroxylation sites is 1. The lowest BCUT2D eigenvalue weighted by atomic mass is 9.79. The molecule has 0 fully saturated rings. The Morgan fingerprint density at radius 1 is 1.14 bits per heavy atom. The molecule has 1 aromatic heterocycles. The molecule has 2 atom stereocenters. The van der Waals surface area contributed by atoms with Crippen molar-refractivity contribution in [3.8, 4) is 0 Å². The summed E-state index contributed by atoms with van der Waals surface area (Å²) in [5, 5.41) is 14.0. The fourth-order valence-corrected chi connectivity index (χ4v) is 3.51. The maximum Gasteiger partial charge on any atom is 0.250 e. The van der Waals surface area contributed by atoms with Gasteiger partial charge in [0.1, 0.15) is 6.54 Å². The molecule has 29 heavy (non-hydrogen) atoms. The molecule has 4 N–H and O–H groups in total. The third kappa shape index (κ3) is 4.66. The van der Waals surface area contributed by atoms with E-state index in [1.54, 1.807) is 17.7 Å². The molecular formula is C23H27N3O3. The van der Waals surface area contributed by atoms with Crippen molar-refractivity contribution < 1.29 is 14.7 Å². The quantitative estimate of drug-likeness (QED) is 0.548. The van der Waals surface area contributed by atoms with E-state index >= 15 is 0 Å². The number of amides is 2. The first-order valence-corrected chi connectivity index (χ1v) is 9.66. The van der Waals surface area contributed by atoms with Crippen LogP contribution in [-0.2, 0) is 17.8 Å². The summed E-state index contributed by atoms with van der Waals surface area (Å²) in [4.78, 5) is 24.3. The summed E-state index contributed by atoms with van der Waals surface area (Å²) in [6, 6.07) is 17.3. The Labute approximate surface area is 170 Å². The Kier molecular flexibility index (Phi) is 6.03. The fourth-order valence-electron chi connectivity index (χ4n) is 3.51. The molecular weight excluding hydrogens is 366 g/mol. The third-order valence-electron chi connectivity index (χ3n) is 5.52. The van der Waals surface area contributed by atoms with Crippen molar-refractivity contribution in [1.82, 2.24) is 9.88 Å². The number of rotatable bonds is 8. The molecule has 0 radical (unpaired) electrons. The van der Waals surface area contributed by atoms with Gasteiger partial charge in [-0.1, -0.05) is 55.5 Å². The second kappa shape index (κ2) is 8.49. The Morgan fingerprint density at radius 2 is 1.79 bits per heavy atom. The van der Waals surface area contributed by atoms with Crippen LogP contribution in [0.25, 0.3) is 10.9 Å². The largest absolute Gasteiger partial charge is 0.393 e. The van der Waals surface area contributed by atoms with E-state index < -0.39 is 17.4 Å². The van der Waals surface area contributed by atoms with Crippen molar-refractivity contribution in [3.05, 3.63) is 71.9 Å². The second-order valence-electron chi connectivity index (χ2n) is 7.82. The van der Waals surface area contributed by atoms with E-state index in [2.05, 4.69) is 5.32 Å². The molecule has 0 saturated heterocycles. The number of hydrogen-bond acceptors (Lipinski definition) is 3. The predicted molar refractivity (Wildman–Crippen MR) is 113 cm³/mol. The van der Waals surface area contributed by atoms with Crippen LogP contribution in [0.5, 0.6) is 0 Å². The highest BCUT2D eigenvalue weighted by atomic mass is 16.3. The summed E-state index contributed by atoms with van der Waals surface area (Å²) >= 11 is 0. The van der Waals surface area contributed by atoms with Crippen LogP contribution >= 0.6 is 0 Å². The van der Waals surface area contributed by atoms with Crippen LogP contribution in [0, 0.1) is 5.41 Å². The summed E-state index contributed by atoms with van der Waals surface area (Å²) in [7, 11) is 0. The molecule has 0 saturated carbocycles. The SMILES string of the molecule is CC(O)C(C)(CNC(=O)Cn1cc(C(N)=O)c2ccccc21)Cc1ccccc1. The fraction of sp³-hybridized carbons (Fsp3) is 0.304. The van der Waals surface area contributed by atoms with Gasteiger partial charge in [-0.2, -0.15) is 0 Å². The zero-order valence-corrected chi connectivity index (χ0v) is 16.8. The molecule has 6 nitrogen and oxygen atoms in total. The molecule has 2 amide bonds. The molecule has 3 rings (SSSR count). The minimum Gasteiger partial charge on any atom is -0.393 e. The van der Waals surface area contributed by atoms with Crippen molar-refractivity contribution in [2.24, 2.45) is 11.1 Å². The Bertz CT molecular complexity index is 1010. The van der Waals surface area contributed by atoms with Crippen LogP contribution in [0.4, 0.5) is 0 Å². The summed E-state index contributed by atoms with van der Waals surface area (Å²) in [5.74, 6) is -0.716. The van der Waals surface area contributed by atoms with E-state index in [-0.39, 0.29) is 12.5 Å². The lowest BCUT2D eigenvalue weighted by Gasteiger charge is -2.33. The number of benzene rings is 2. The number of carbonyl (C=O) groups is 2. The number of primary amides is 1. The number of hydrogen-bond donors (Lipinski definition) is 3. The summed E-state index contributed by atoms with van der Waals surface area (Å²) in [6.07, 6.45) is 1.66. The number of carbonyl (C=O) groups excluding carboxylic acids is 2. The summed E-state index contributed by atoms with van der Waals surface area (Å²) in [5.41, 5.74) is 7.24. The molecule has 1 heterocycles. The average molecular weight is 393 g/mol. The predicted octanol–water partition coefficient (Wildman–Crippen LogP) is 2.49. The van der Waals surface area contributed by atoms with Crippen LogP contribution < -0.4 is 11.1 Å². The number of aromatic nitrogens is 1. The van der Waals surface area contributed by atoms with Crippen molar-refractivity contribution in [3.63, 3.8) is 0 Å². The van der Waals surface area contributed by atoms with E-state index in [1.165, 1.54) is 0 Å². The van der Waals surface area contributed by atoms with E-state index in [1.807, 2.05) is 61.5 Å². The van der Waals surface area contributed by atoms with Gasteiger partial charge in [0.15, 0.2) is 0 Å². The van der Waals surface area contributed by atoms with Gasteiger partial charge in [-0.05, 0) is 25.0 Å². The molecule has 3 aromatic rings. The highest BCUT2D eigenvalue weighted by Crippen LogP contribution is 2.26. The van der Waals surface area contributed by atoms with Crippen LogP contribution in [0.3, 0.4) is 0 Å². The average Bonchev–Trinajstić information content (AvgIpc) is 3.06. The van der Waals surface area contributed by atoms with Gasteiger partial charge in [0.25, 0.3) is 5.91 Å². The molecule has 2 aromatic carbocycles. The van der Waals surface area contributed by atoms with Crippen LogP contribution in [-0.4, -0.2) is 34.1 Å². The monoisotopic (exact) mass is 393 g/mol. The number of nitrogens with one attached hydrogen (secondary N) is 1. The molecule has 0 aliphatic rings. The van der Waals surface area contributed by atoms with E-state index in [4.69, 9.17) is 5.73 Å². The van der Waals surface area contributed by atoms with E-state index in [0.29, 0.717) is 18.5 Å². The number of nitrogens with two attached hydrogens (primary N) is 1. The zero-order chi connectivity index (χ0) is 21.0. The third-order valence-corrected chi connectivity index (χ3v) is 5.52. The molecule has 6 heteroatoms. The maximum atomic E-state index is 12.6. The van der Waals surface area contributed by atoms with E-state index in [9.17, 15) is 14.7 Å². The standard InChI is InChI=1S/C23H27N3O3/c1-16(27)23(2,12-17-8-4-3-5-9-17)15-25-21(28)14-26-13-19(22(24)29)18-10-6-7-11-20(18)26/h3-11,13,16,27H,12,14-15H2,1-2H3,(H2,24,29)(H,25,28). The van der Waals surface area contributed by atoms with Gasteiger partial charge in [0.2, 0.25) is 5.91 Å². The highest BCUT2D eigenvalue weighted by Gasteiger charge is 2.31. The lowest BCUT2D eigenvalue weighted by molar-refractivity contribution is -0.122. The van der Waals surface area contributed by atoms with Gasteiger partial charge >= 0.3 is 0 Å². The number of aliphatic hydroxyl groups is 1. The highest BCUT2D eigenvalue weighted by molar-refractivity contribution is 6.06. The Balaban J connectivity index is 1.72. The number of aliphatic hydroxyl groups excluding tert-OH is 1. The van der Waals surface area contributed by atoms with Gasteiger partial charge in [-0.15, -0.1) is 0 Å². The molecule has 0 spiro atoms. The first kappa shape index (κ1) is 20.6. The van der Waals surface area contributed by atoms with Crippen molar-refractivity contribution in [1.29, 1.82) is 0 Å². The lowest BCUT2D eigenvalue weighted by Crippen LogP contribution is -2.44. The Hall–Kier alpha value is -3.12. The minimum absolute atomic E-state index is 0.0645. The Morgan fingerprint density at radius 3 is 2.45 bits per heavy atom. The van der Waals surface area contributed by atoms with Gasteiger partial charge in [-0.3, -0.25) is 9.59 Å². The van der Waals surface area contributed by atoms with Crippen LogP contribution in [0.15, 0.2) is 60.8 Å². The topological polar surface area (TPSA) is 97.3 Å². The van der Waals surface area contributed by atoms with Gasteiger partial charge < -0.3 is 20.7 Å². The molecule has 152 valence electrons. The summed E-state index contributed by atoms with van der Waals surface area (Å²) < 4.78 is 1.72. The first-order valence-electron chi connectivity index (χ1n) is 9.66. The number of fused-ring (bicyclic) bond motifs is 1. The van der Waals surface area contributed by atoms with Gasteiger partial charge in [-0.25, -0.2) is 0 Å². The molecule has 0 bridgehead atoms. The first-order chi connectivity index (χ1) is 13.8. The normalized spacial score (nSPS) is 14.3. The number of nitrogens with zero attached hydrogens (tertiary/aromatic N) is 1. The summed E-state index contributed by atoms with van der Waals surface area (Å²) in [6.45, 7) is 4.10.